The first-order chi connectivity index (χ1) is 14.0. The molecule has 0 saturated carbocycles. The maximum absolute atomic E-state index is 12.8. The van der Waals surface area contributed by atoms with E-state index < -0.39 is 0 Å². The number of methoxy groups -OCH3 is 2. The lowest BCUT2D eigenvalue weighted by Crippen LogP contribution is -2.25. The van der Waals surface area contributed by atoms with Gasteiger partial charge in [0.25, 0.3) is 11.8 Å². The summed E-state index contributed by atoms with van der Waals surface area (Å²) < 4.78 is 16.3. The number of amides is 2. The Morgan fingerprint density at radius 3 is 2.52 bits per heavy atom. The zero-order valence-electron chi connectivity index (χ0n) is 16.5. The Bertz CT molecular complexity index is 828. The number of ether oxygens (including phenoxy) is 3. The summed E-state index contributed by atoms with van der Waals surface area (Å²) in [5.41, 5.74) is 1.36. The van der Waals surface area contributed by atoms with E-state index >= 15 is 0 Å². The molecule has 0 aliphatic heterocycles. The molecule has 0 unspecified atom stereocenters. The van der Waals surface area contributed by atoms with E-state index in [0.717, 1.165) is 10.9 Å². The van der Waals surface area contributed by atoms with Gasteiger partial charge in [0.05, 0.1) is 12.2 Å². The zero-order chi connectivity index (χ0) is 21.1. The number of nitrogens with one attached hydrogen (secondary N) is 2. The molecule has 0 bridgehead atoms. The van der Waals surface area contributed by atoms with Crippen molar-refractivity contribution in [3.05, 3.63) is 58.1 Å². The van der Waals surface area contributed by atoms with Crippen LogP contribution < -0.4 is 15.4 Å². The van der Waals surface area contributed by atoms with Crippen LogP contribution in [0, 0.1) is 0 Å². The van der Waals surface area contributed by atoms with Crippen LogP contribution in [-0.2, 0) is 9.47 Å². The van der Waals surface area contributed by atoms with E-state index in [1.165, 1.54) is 0 Å². The Morgan fingerprint density at radius 2 is 1.76 bits per heavy atom. The lowest BCUT2D eigenvalue weighted by molar-refractivity contribution is 0.0947. The predicted molar refractivity (Wildman–Crippen MR) is 115 cm³/mol. The number of rotatable bonds is 11. The van der Waals surface area contributed by atoms with Crippen molar-refractivity contribution >= 4 is 33.4 Å². The molecule has 2 rings (SSSR count). The van der Waals surface area contributed by atoms with Crippen molar-refractivity contribution in [2.24, 2.45) is 0 Å². The molecule has 2 aromatic rings. The second-order valence-corrected chi connectivity index (χ2v) is 7.03. The van der Waals surface area contributed by atoms with E-state index in [0.29, 0.717) is 48.9 Å². The van der Waals surface area contributed by atoms with Gasteiger partial charge in [0.15, 0.2) is 0 Å². The van der Waals surface area contributed by atoms with E-state index in [1.54, 1.807) is 56.7 Å². The molecule has 0 fully saturated rings. The SMILES string of the molecule is COCCCNC(=O)c1cccc(NC(=O)c2cc(Br)ccc2OCCOC)c1. The highest BCUT2D eigenvalue weighted by molar-refractivity contribution is 9.10. The summed E-state index contributed by atoms with van der Waals surface area (Å²) in [6.45, 7) is 1.84. The molecule has 0 spiro atoms. The molecule has 2 aromatic carbocycles. The number of hydrogen-bond acceptors (Lipinski definition) is 5. The maximum atomic E-state index is 12.8. The fraction of sp³-hybridized carbons (Fsp3) is 0.333. The molecule has 0 aliphatic rings. The Kier molecular flexibility index (Phi) is 9.63. The van der Waals surface area contributed by atoms with Crippen molar-refractivity contribution in [2.45, 2.75) is 6.42 Å². The Hall–Kier alpha value is -2.42. The first kappa shape index (κ1) is 22.9. The zero-order valence-corrected chi connectivity index (χ0v) is 18.1. The van der Waals surface area contributed by atoms with Crippen molar-refractivity contribution in [1.29, 1.82) is 0 Å². The van der Waals surface area contributed by atoms with Gasteiger partial charge in [-0.05, 0) is 42.8 Å². The quantitative estimate of drug-likeness (QED) is 0.497. The van der Waals surface area contributed by atoms with E-state index in [9.17, 15) is 9.59 Å². The molecule has 2 amide bonds. The van der Waals surface area contributed by atoms with Gasteiger partial charge in [0.1, 0.15) is 12.4 Å². The van der Waals surface area contributed by atoms with Crippen molar-refractivity contribution in [2.75, 3.05) is 45.9 Å². The number of halogens is 1. The molecule has 2 N–H and O–H groups in total. The van der Waals surface area contributed by atoms with E-state index in [-0.39, 0.29) is 11.8 Å². The fourth-order valence-electron chi connectivity index (χ4n) is 2.50. The summed E-state index contributed by atoms with van der Waals surface area (Å²) in [7, 11) is 3.20. The number of carbonyl (C=O) groups excluding carboxylic acids is 2. The third-order valence-corrected chi connectivity index (χ3v) is 4.42. The molecule has 7 nitrogen and oxygen atoms in total. The fourth-order valence-corrected chi connectivity index (χ4v) is 2.86. The highest BCUT2D eigenvalue weighted by Gasteiger charge is 2.15. The van der Waals surface area contributed by atoms with Crippen LogP contribution in [0.25, 0.3) is 0 Å². The van der Waals surface area contributed by atoms with Crippen molar-refractivity contribution in [3.8, 4) is 5.75 Å². The lowest BCUT2D eigenvalue weighted by Gasteiger charge is -2.13. The minimum atomic E-state index is -0.337. The van der Waals surface area contributed by atoms with Crippen molar-refractivity contribution in [3.63, 3.8) is 0 Å². The van der Waals surface area contributed by atoms with Gasteiger partial charge >= 0.3 is 0 Å². The van der Waals surface area contributed by atoms with E-state index in [4.69, 9.17) is 14.2 Å². The van der Waals surface area contributed by atoms with Gasteiger partial charge in [-0.3, -0.25) is 9.59 Å². The monoisotopic (exact) mass is 464 g/mol. The highest BCUT2D eigenvalue weighted by atomic mass is 79.9. The highest BCUT2D eigenvalue weighted by Crippen LogP contribution is 2.24. The van der Waals surface area contributed by atoms with Crippen LogP contribution in [0.3, 0.4) is 0 Å². The van der Waals surface area contributed by atoms with Crippen molar-refractivity contribution in [1.82, 2.24) is 5.32 Å². The molecule has 0 atom stereocenters. The van der Waals surface area contributed by atoms with Crippen LogP contribution in [0.15, 0.2) is 46.9 Å². The first-order valence-electron chi connectivity index (χ1n) is 9.15. The number of hydrogen-bond donors (Lipinski definition) is 2. The van der Waals surface area contributed by atoms with Crippen LogP contribution >= 0.6 is 15.9 Å². The average molecular weight is 465 g/mol. The van der Waals surface area contributed by atoms with Gasteiger partial charge in [0, 0.05) is 43.1 Å². The number of anilines is 1. The van der Waals surface area contributed by atoms with Crippen LogP contribution in [0.4, 0.5) is 5.69 Å². The van der Waals surface area contributed by atoms with Gasteiger partial charge in [-0.2, -0.15) is 0 Å². The maximum Gasteiger partial charge on any atom is 0.259 e. The van der Waals surface area contributed by atoms with Crippen LogP contribution in [-0.4, -0.2) is 52.4 Å². The normalized spacial score (nSPS) is 10.4. The average Bonchev–Trinajstić information content (AvgIpc) is 2.72. The summed E-state index contributed by atoms with van der Waals surface area (Å²) in [5.74, 6) is -0.0885. The summed E-state index contributed by atoms with van der Waals surface area (Å²) in [6, 6.07) is 12.0. The smallest absolute Gasteiger partial charge is 0.259 e. The second-order valence-electron chi connectivity index (χ2n) is 6.12. The minimum absolute atomic E-state index is 0.205. The molecule has 0 aromatic heterocycles. The molecule has 29 heavy (non-hydrogen) atoms. The van der Waals surface area contributed by atoms with Crippen LogP contribution in [0.5, 0.6) is 5.75 Å². The third kappa shape index (κ3) is 7.49. The first-order valence-corrected chi connectivity index (χ1v) is 9.94. The predicted octanol–water partition coefficient (Wildman–Crippen LogP) is 3.49. The summed E-state index contributed by atoms with van der Waals surface area (Å²) in [6.07, 6.45) is 0.730. The molecule has 8 heteroatoms. The lowest BCUT2D eigenvalue weighted by atomic mass is 10.1. The molecule has 0 heterocycles. The Labute approximate surface area is 178 Å². The minimum Gasteiger partial charge on any atom is -0.490 e. The van der Waals surface area contributed by atoms with Crippen LogP contribution in [0.1, 0.15) is 27.1 Å². The van der Waals surface area contributed by atoms with E-state index in [2.05, 4.69) is 26.6 Å². The van der Waals surface area contributed by atoms with Gasteiger partial charge in [0.2, 0.25) is 0 Å². The summed E-state index contributed by atoms with van der Waals surface area (Å²) in [4.78, 5) is 25.0. The number of benzene rings is 2. The Morgan fingerprint density at radius 1 is 0.966 bits per heavy atom. The summed E-state index contributed by atoms with van der Waals surface area (Å²) >= 11 is 3.38. The van der Waals surface area contributed by atoms with Crippen LogP contribution in [0.2, 0.25) is 0 Å². The molecule has 0 aliphatic carbocycles. The number of carbonyl (C=O) groups is 2. The Balaban J connectivity index is 2.07. The van der Waals surface area contributed by atoms with E-state index in [1.807, 2.05) is 0 Å². The summed E-state index contributed by atoms with van der Waals surface area (Å²) in [5, 5.41) is 5.64. The van der Waals surface area contributed by atoms with Gasteiger partial charge in [-0.25, -0.2) is 0 Å². The topological polar surface area (TPSA) is 85.9 Å². The van der Waals surface area contributed by atoms with Gasteiger partial charge < -0.3 is 24.8 Å². The van der Waals surface area contributed by atoms with Crippen molar-refractivity contribution < 1.29 is 23.8 Å². The molecular formula is C21H25BrN2O5. The molecular weight excluding hydrogens is 440 g/mol. The van der Waals surface area contributed by atoms with Gasteiger partial charge in [-0.15, -0.1) is 0 Å². The largest absolute Gasteiger partial charge is 0.490 e. The molecule has 0 radical (unpaired) electrons. The third-order valence-electron chi connectivity index (χ3n) is 3.92. The molecule has 0 saturated heterocycles. The van der Waals surface area contributed by atoms with Gasteiger partial charge in [-0.1, -0.05) is 22.0 Å². The standard InChI is InChI=1S/C21H25BrN2O5/c1-27-10-4-9-23-20(25)15-5-3-6-17(13-15)24-21(26)18-14-16(22)7-8-19(18)29-12-11-28-2/h3,5-8,13-14H,4,9-12H2,1-2H3,(H,23,25)(H,24,26). The second kappa shape index (κ2) is 12.2. The molecule has 156 valence electrons.